The highest BCUT2D eigenvalue weighted by molar-refractivity contribution is 7.92. The molecule has 0 saturated heterocycles. The van der Waals surface area contributed by atoms with Gasteiger partial charge in [-0.3, -0.25) is 14.1 Å². The van der Waals surface area contributed by atoms with Gasteiger partial charge in [-0.1, -0.05) is 32.0 Å². The minimum Gasteiger partial charge on any atom is -0.356 e. The fourth-order valence-electron chi connectivity index (χ4n) is 2.55. The number of amides is 1. The van der Waals surface area contributed by atoms with Crippen LogP contribution < -0.4 is 9.62 Å². The lowest BCUT2D eigenvalue weighted by Crippen LogP contribution is -2.35. The number of pyridine rings is 1. The maximum Gasteiger partial charge on any atom is 0.232 e. The first kappa shape index (κ1) is 19.2. The van der Waals surface area contributed by atoms with Crippen molar-refractivity contribution in [3.05, 3.63) is 36.5 Å². The molecule has 1 aromatic carbocycles. The van der Waals surface area contributed by atoms with Gasteiger partial charge in [0, 0.05) is 31.1 Å². The second kappa shape index (κ2) is 8.29. The summed E-state index contributed by atoms with van der Waals surface area (Å²) >= 11 is 0. The standard InChI is InChI=1S/C18H25N3O3S/c1-14(2)9-12-19-17(22)10-13-21(25(3,23)24)16-8-4-6-15-7-5-11-20-18(15)16/h4-8,11,14H,9-10,12-13H2,1-3H3,(H,19,22). The fourth-order valence-corrected chi connectivity index (χ4v) is 3.47. The molecular weight excluding hydrogens is 338 g/mol. The molecule has 0 aliphatic rings. The summed E-state index contributed by atoms with van der Waals surface area (Å²) in [5, 5.41) is 3.69. The molecule has 0 fully saturated rings. The van der Waals surface area contributed by atoms with E-state index in [4.69, 9.17) is 0 Å². The van der Waals surface area contributed by atoms with Crippen molar-refractivity contribution in [2.24, 2.45) is 5.92 Å². The van der Waals surface area contributed by atoms with Crippen molar-refractivity contribution >= 4 is 32.5 Å². The lowest BCUT2D eigenvalue weighted by atomic mass is 10.1. The number of benzene rings is 1. The van der Waals surface area contributed by atoms with Crippen LogP contribution in [0.2, 0.25) is 0 Å². The summed E-state index contributed by atoms with van der Waals surface area (Å²) in [7, 11) is -3.53. The molecule has 1 amide bonds. The largest absolute Gasteiger partial charge is 0.356 e. The zero-order valence-corrected chi connectivity index (χ0v) is 15.7. The highest BCUT2D eigenvalue weighted by Gasteiger charge is 2.21. The van der Waals surface area contributed by atoms with Crippen LogP contribution in [-0.2, 0) is 14.8 Å². The Morgan fingerprint density at radius 2 is 1.96 bits per heavy atom. The van der Waals surface area contributed by atoms with Crippen LogP contribution in [0.4, 0.5) is 5.69 Å². The predicted octanol–water partition coefficient (Wildman–Crippen LogP) is 2.55. The van der Waals surface area contributed by atoms with Gasteiger partial charge in [-0.05, 0) is 24.5 Å². The minimum absolute atomic E-state index is 0.0854. The maximum atomic E-state index is 12.3. The topological polar surface area (TPSA) is 79.4 Å². The Labute approximate surface area is 149 Å². The SMILES string of the molecule is CC(C)CCNC(=O)CCN(c1cccc2cccnc12)S(C)(=O)=O. The van der Waals surface area contributed by atoms with Gasteiger partial charge in [-0.2, -0.15) is 0 Å². The molecule has 1 aromatic heterocycles. The molecule has 1 N–H and O–H groups in total. The molecular formula is C18H25N3O3S. The van der Waals surface area contributed by atoms with Crippen LogP contribution in [0.25, 0.3) is 10.9 Å². The molecule has 0 aliphatic carbocycles. The molecule has 1 heterocycles. The maximum absolute atomic E-state index is 12.3. The molecule has 7 heteroatoms. The third-order valence-electron chi connectivity index (χ3n) is 3.87. The lowest BCUT2D eigenvalue weighted by Gasteiger charge is -2.23. The number of carbonyl (C=O) groups excluding carboxylic acids is 1. The number of hydrogen-bond acceptors (Lipinski definition) is 4. The van der Waals surface area contributed by atoms with Gasteiger partial charge in [0.1, 0.15) is 0 Å². The van der Waals surface area contributed by atoms with E-state index in [2.05, 4.69) is 24.1 Å². The highest BCUT2D eigenvalue weighted by atomic mass is 32.2. The summed E-state index contributed by atoms with van der Waals surface area (Å²) < 4.78 is 25.8. The van der Waals surface area contributed by atoms with Crippen molar-refractivity contribution in [3.63, 3.8) is 0 Å². The van der Waals surface area contributed by atoms with Crippen LogP contribution in [0, 0.1) is 5.92 Å². The number of hydrogen-bond donors (Lipinski definition) is 1. The zero-order valence-electron chi connectivity index (χ0n) is 14.9. The number of carbonyl (C=O) groups is 1. The Bertz CT molecular complexity index is 829. The van der Waals surface area contributed by atoms with Crippen LogP contribution in [0.1, 0.15) is 26.7 Å². The number of sulfonamides is 1. The van der Waals surface area contributed by atoms with Crippen molar-refractivity contribution in [1.82, 2.24) is 10.3 Å². The number of fused-ring (bicyclic) bond motifs is 1. The van der Waals surface area contributed by atoms with Crippen LogP contribution in [0.5, 0.6) is 0 Å². The summed E-state index contributed by atoms with van der Waals surface area (Å²) in [6.45, 7) is 4.86. The van der Waals surface area contributed by atoms with E-state index >= 15 is 0 Å². The van der Waals surface area contributed by atoms with Crippen LogP contribution in [-0.4, -0.2) is 38.7 Å². The van der Waals surface area contributed by atoms with E-state index in [1.165, 1.54) is 4.31 Å². The smallest absolute Gasteiger partial charge is 0.232 e. The van der Waals surface area contributed by atoms with Gasteiger partial charge in [-0.15, -0.1) is 0 Å². The van der Waals surface area contributed by atoms with Gasteiger partial charge in [-0.25, -0.2) is 8.42 Å². The molecule has 136 valence electrons. The molecule has 0 bridgehead atoms. The van der Waals surface area contributed by atoms with Gasteiger partial charge in [0.15, 0.2) is 0 Å². The van der Waals surface area contributed by atoms with E-state index in [1.807, 2.05) is 12.1 Å². The second-order valence-corrected chi connectivity index (χ2v) is 8.38. The summed E-state index contributed by atoms with van der Waals surface area (Å²) in [6, 6.07) is 9.07. The van der Waals surface area contributed by atoms with E-state index in [-0.39, 0.29) is 18.9 Å². The summed E-state index contributed by atoms with van der Waals surface area (Å²) in [5.74, 6) is 0.358. The third-order valence-corrected chi connectivity index (χ3v) is 5.05. The van der Waals surface area contributed by atoms with Crippen molar-refractivity contribution < 1.29 is 13.2 Å². The van der Waals surface area contributed by atoms with E-state index in [9.17, 15) is 13.2 Å². The van der Waals surface area contributed by atoms with Crippen molar-refractivity contribution in [2.45, 2.75) is 26.7 Å². The van der Waals surface area contributed by atoms with Crippen molar-refractivity contribution in [3.8, 4) is 0 Å². The van der Waals surface area contributed by atoms with E-state index in [0.29, 0.717) is 23.7 Å². The Kier molecular flexibility index (Phi) is 6.36. The van der Waals surface area contributed by atoms with Gasteiger partial charge < -0.3 is 5.32 Å². The molecule has 0 spiro atoms. The molecule has 0 unspecified atom stereocenters. The van der Waals surface area contributed by atoms with Crippen LogP contribution in [0.15, 0.2) is 36.5 Å². The number of nitrogens with one attached hydrogen (secondary N) is 1. The quantitative estimate of drug-likeness (QED) is 0.782. The van der Waals surface area contributed by atoms with E-state index < -0.39 is 10.0 Å². The summed E-state index contributed by atoms with van der Waals surface area (Å²) in [4.78, 5) is 16.3. The lowest BCUT2D eigenvalue weighted by molar-refractivity contribution is -0.120. The van der Waals surface area contributed by atoms with Crippen LogP contribution in [0.3, 0.4) is 0 Å². The minimum atomic E-state index is -3.53. The summed E-state index contributed by atoms with van der Waals surface area (Å²) in [6.07, 6.45) is 3.78. The summed E-state index contributed by atoms with van der Waals surface area (Å²) in [5.41, 5.74) is 1.10. The van der Waals surface area contributed by atoms with Gasteiger partial charge in [0.05, 0.1) is 17.5 Å². The molecule has 0 atom stereocenters. The second-order valence-electron chi connectivity index (χ2n) is 6.47. The number of anilines is 1. The average molecular weight is 363 g/mol. The van der Waals surface area contributed by atoms with Crippen LogP contribution >= 0.6 is 0 Å². The van der Waals surface area contributed by atoms with Crippen molar-refractivity contribution in [1.29, 1.82) is 0 Å². The predicted molar refractivity (Wildman–Crippen MR) is 101 cm³/mol. The van der Waals surface area contributed by atoms with Crippen molar-refractivity contribution in [2.75, 3.05) is 23.7 Å². The first-order valence-electron chi connectivity index (χ1n) is 8.37. The Morgan fingerprint density at radius 3 is 2.64 bits per heavy atom. The molecule has 6 nitrogen and oxygen atoms in total. The zero-order chi connectivity index (χ0) is 18.4. The van der Waals surface area contributed by atoms with Gasteiger partial charge >= 0.3 is 0 Å². The normalized spacial score (nSPS) is 11.7. The Balaban J connectivity index is 2.16. The number of aromatic nitrogens is 1. The van der Waals surface area contributed by atoms with E-state index in [1.54, 1.807) is 24.4 Å². The monoisotopic (exact) mass is 363 g/mol. The fraction of sp³-hybridized carbons (Fsp3) is 0.444. The molecule has 2 aromatic rings. The van der Waals surface area contributed by atoms with E-state index in [0.717, 1.165) is 18.1 Å². The number of para-hydroxylation sites is 1. The molecule has 2 rings (SSSR count). The Hall–Kier alpha value is -2.15. The Morgan fingerprint density at radius 1 is 1.24 bits per heavy atom. The molecule has 0 aliphatic heterocycles. The number of rotatable bonds is 8. The van der Waals surface area contributed by atoms with Gasteiger partial charge in [0.25, 0.3) is 0 Å². The molecule has 0 radical (unpaired) electrons. The first-order chi connectivity index (χ1) is 11.8. The average Bonchev–Trinajstić information content (AvgIpc) is 2.53. The number of nitrogens with zero attached hydrogens (tertiary/aromatic N) is 2. The molecule has 0 saturated carbocycles. The molecule has 25 heavy (non-hydrogen) atoms. The highest BCUT2D eigenvalue weighted by Crippen LogP contribution is 2.26. The third kappa shape index (κ3) is 5.42. The first-order valence-corrected chi connectivity index (χ1v) is 10.2. The van der Waals surface area contributed by atoms with Gasteiger partial charge in [0.2, 0.25) is 15.9 Å².